The first-order valence-electron chi connectivity index (χ1n) is 5.39. The lowest BCUT2D eigenvalue weighted by atomic mass is 10.1. The van der Waals surface area contributed by atoms with E-state index in [1.165, 1.54) is 19.3 Å². The van der Waals surface area contributed by atoms with Gasteiger partial charge in [-0.3, -0.25) is 0 Å². The zero-order valence-electron chi connectivity index (χ0n) is 9.14. The normalized spacial score (nSPS) is 24.7. The molecular formula is C11H22O2. The fourth-order valence-corrected chi connectivity index (χ4v) is 1.36. The largest absolute Gasteiger partial charge is 0.376 e. The van der Waals surface area contributed by atoms with Gasteiger partial charge >= 0.3 is 0 Å². The molecule has 1 aliphatic heterocycles. The second-order valence-corrected chi connectivity index (χ2v) is 4.41. The number of hydrogen-bond donors (Lipinski definition) is 0. The molecule has 0 saturated carbocycles. The molecule has 1 aliphatic rings. The summed E-state index contributed by atoms with van der Waals surface area (Å²) in [4.78, 5) is 0. The van der Waals surface area contributed by atoms with Crippen LogP contribution in [0.15, 0.2) is 0 Å². The Hall–Kier alpha value is -0.0800. The minimum Gasteiger partial charge on any atom is -0.376 e. The van der Waals surface area contributed by atoms with Gasteiger partial charge in [0.25, 0.3) is 0 Å². The SMILES string of the molecule is CCC(C)(C)OCC1CCCCO1. The second-order valence-electron chi connectivity index (χ2n) is 4.41. The van der Waals surface area contributed by atoms with Gasteiger partial charge in [0, 0.05) is 6.61 Å². The molecule has 0 aromatic rings. The predicted molar refractivity (Wildman–Crippen MR) is 53.9 cm³/mol. The van der Waals surface area contributed by atoms with Crippen LogP contribution in [0, 0.1) is 0 Å². The van der Waals surface area contributed by atoms with E-state index >= 15 is 0 Å². The van der Waals surface area contributed by atoms with Crippen LogP contribution in [-0.4, -0.2) is 24.9 Å². The Kier molecular flexibility index (Phi) is 4.20. The highest BCUT2D eigenvalue weighted by Crippen LogP contribution is 2.18. The molecule has 0 aliphatic carbocycles. The Labute approximate surface area is 81.6 Å². The zero-order chi connectivity index (χ0) is 9.73. The van der Waals surface area contributed by atoms with Crippen LogP contribution in [0.2, 0.25) is 0 Å². The standard InChI is InChI=1S/C11H22O2/c1-4-11(2,3)13-9-10-7-5-6-8-12-10/h10H,4-9H2,1-3H3. The van der Waals surface area contributed by atoms with Crippen LogP contribution in [0.4, 0.5) is 0 Å². The van der Waals surface area contributed by atoms with E-state index in [2.05, 4.69) is 20.8 Å². The topological polar surface area (TPSA) is 18.5 Å². The van der Waals surface area contributed by atoms with Crippen molar-refractivity contribution in [1.29, 1.82) is 0 Å². The molecule has 1 heterocycles. The summed E-state index contributed by atoms with van der Waals surface area (Å²) in [6.07, 6.45) is 5.08. The Morgan fingerprint density at radius 1 is 1.38 bits per heavy atom. The summed E-state index contributed by atoms with van der Waals surface area (Å²) in [5, 5.41) is 0. The minimum atomic E-state index is 0.0147. The molecule has 2 nitrogen and oxygen atoms in total. The predicted octanol–water partition coefficient (Wildman–Crippen LogP) is 2.76. The second kappa shape index (κ2) is 4.97. The molecule has 0 N–H and O–H groups in total. The third-order valence-electron chi connectivity index (χ3n) is 2.79. The van der Waals surface area contributed by atoms with E-state index in [1.807, 2.05) is 0 Å². The molecule has 1 unspecified atom stereocenters. The fourth-order valence-electron chi connectivity index (χ4n) is 1.36. The smallest absolute Gasteiger partial charge is 0.0808 e. The fraction of sp³-hybridized carbons (Fsp3) is 1.00. The first-order valence-corrected chi connectivity index (χ1v) is 5.39. The molecule has 0 radical (unpaired) electrons. The van der Waals surface area contributed by atoms with Crippen LogP contribution in [-0.2, 0) is 9.47 Å². The molecule has 1 atom stereocenters. The lowest BCUT2D eigenvalue weighted by molar-refractivity contribution is -0.0940. The van der Waals surface area contributed by atoms with Gasteiger partial charge in [0.05, 0.1) is 18.3 Å². The molecule has 2 heteroatoms. The highest BCUT2D eigenvalue weighted by molar-refractivity contribution is 4.69. The van der Waals surface area contributed by atoms with Crippen LogP contribution in [0.25, 0.3) is 0 Å². The van der Waals surface area contributed by atoms with Crippen LogP contribution < -0.4 is 0 Å². The van der Waals surface area contributed by atoms with Gasteiger partial charge in [-0.05, 0) is 39.5 Å². The average Bonchev–Trinajstić information content (AvgIpc) is 2.17. The third-order valence-corrected chi connectivity index (χ3v) is 2.79. The number of rotatable bonds is 4. The van der Waals surface area contributed by atoms with Crippen molar-refractivity contribution in [2.75, 3.05) is 13.2 Å². The maximum absolute atomic E-state index is 5.79. The lowest BCUT2D eigenvalue weighted by Crippen LogP contribution is -2.31. The maximum Gasteiger partial charge on any atom is 0.0808 e. The third kappa shape index (κ3) is 4.10. The number of ether oxygens (including phenoxy) is 2. The quantitative estimate of drug-likeness (QED) is 0.672. The van der Waals surface area contributed by atoms with Crippen LogP contribution in [0.5, 0.6) is 0 Å². The first kappa shape index (κ1) is 11.0. The van der Waals surface area contributed by atoms with Gasteiger partial charge in [0.2, 0.25) is 0 Å². The summed E-state index contributed by atoms with van der Waals surface area (Å²) in [6, 6.07) is 0. The summed E-state index contributed by atoms with van der Waals surface area (Å²) >= 11 is 0. The summed E-state index contributed by atoms with van der Waals surface area (Å²) < 4.78 is 11.4. The minimum absolute atomic E-state index is 0.0147. The molecule has 1 rings (SSSR count). The molecule has 0 aromatic heterocycles. The monoisotopic (exact) mass is 186 g/mol. The van der Waals surface area contributed by atoms with Crippen molar-refractivity contribution >= 4 is 0 Å². The molecule has 1 saturated heterocycles. The van der Waals surface area contributed by atoms with Gasteiger partial charge in [0.1, 0.15) is 0 Å². The lowest BCUT2D eigenvalue weighted by Gasteiger charge is -2.28. The Morgan fingerprint density at radius 2 is 2.15 bits per heavy atom. The molecule has 78 valence electrons. The zero-order valence-corrected chi connectivity index (χ0v) is 9.14. The van der Waals surface area contributed by atoms with Crippen molar-refractivity contribution in [3.63, 3.8) is 0 Å². The Balaban J connectivity index is 2.17. The summed E-state index contributed by atoms with van der Waals surface area (Å²) in [5.41, 5.74) is 0.0147. The van der Waals surface area contributed by atoms with Crippen molar-refractivity contribution in [2.24, 2.45) is 0 Å². The molecule has 0 amide bonds. The maximum atomic E-state index is 5.79. The van der Waals surface area contributed by atoms with Crippen molar-refractivity contribution in [2.45, 2.75) is 58.2 Å². The summed E-state index contributed by atoms with van der Waals surface area (Å²) in [7, 11) is 0. The first-order chi connectivity index (χ1) is 6.14. The van der Waals surface area contributed by atoms with E-state index in [0.29, 0.717) is 6.10 Å². The van der Waals surface area contributed by atoms with E-state index < -0.39 is 0 Å². The Morgan fingerprint density at radius 3 is 2.69 bits per heavy atom. The molecule has 13 heavy (non-hydrogen) atoms. The highest BCUT2D eigenvalue weighted by Gasteiger charge is 2.20. The van der Waals surface area contributed by atoms with Crippen molar-refractivity contribution in [3.8, 4) is 0 Å². The van der Waals surface area contributed by atoms with Crippen LogP contribution >= 0.6 is 0 Å². The average molecular weight is 186 g/mol. The summed E-state index contributed by atoms with van der Waals surface area (Å²) in [6.45, 7) is 8.11. The van der Waals surface area contributed by atoms with Crippen molar-refractivity contribution < 1.29 is 9.47 Å². The van der Waals surface area contributed by atoms with E-state index in [9.17, 15) is 0 Å². The highest BCUT2D eigenvalue weighted by atomic mass is 16.5. The van der Waals surface area contributed by atoms with Gasteiger partial charge in [-0.2, -0.15) is 0 Å². The van der Waals surface area contributed by atoms with Gasteiger partial charge < -0.3 is 9.47 Å². The van der Waals surface area contributed by atoms with Gasteiger partial charge in [-0.15, -0.1) is 0 Å². The van der Waals surface area contributed by atoms with E-state index in [0.717, 1.165) is 19.6 Å². The Bertz CT molecular complexity index is 137. The van der Waals surface area contributed by atoms with Gasteiger partial charge in [-0.1, -0.05) is 6.92 Å². The van der Waals surface area contributed by atoms with Crippen molar-refractivity contribution in [3.05, 3.63) is 0 Å². The van der Waals surface area contributed by atoms with Crippen LogP contribution in [0.1, 0.15) is 46.5 Å². The van der Waals surface area contributed by atoms with Gasteiger partial charge in [-0.25, -0.2) is 0 Å². The van der Waals surface area contributed by atoms with E-state index in [1.54, 1.807) is 0 Å². The van der Waals surface area contributed by atoms with E-state index in [-0.39, 0.29) is 5.60 Å². The molecule has 0 spiro atoms. The van der Waals surface area contributed by atoms with Crippen LogP contribution in [0.3, 0.4) is 0 Å². The molecule has 0 aromatic carbocycles. The molecule has 1 fully saturated rings. The molecule has 0 bridgehead atoms. The number of hydrogen-bond acceptors (Lipinski definition) is 2. The summed E-state index contributed by atoms with van der Waals surface area (Å²) in [5.74, 6) is 0. The van der Waals surface area contributed by atoms with Gasteiger partial charge in [0.15, 0.2) is 0 Å². The van der Waals surface area contributed by atoms with Crippen molar-refractivity contribution in [1.82, 2.24) is 0 Å². The molecular weight excluding hydrogens is 164 g/mol. The van der Waals surface area contributed by atoms with E-state index in [4.69, 9.17) is 9.47 Å².